The van der Waals surface area contributed by atoms with E-state index in [-0.39, 0.29) is 5.97 Å². The van der Waals surface area contributed by atoms with E-state index in [1.165, 1.54) is 32.1 Å². The molecule has 0 bridgehead atoms. The molecule has 5 heteroatoms. The van der Waals surface area contributed by atoms with Crippen LogP contribution in [0.5, 0.6) is 5.75 Å². The molecule has 0 spiro atoms. The van der Waals surface area contributed by atoms with Crippen LogP contribution < -0.4 is 4.74 Å². The minimum Gasteiger partial charge on any atom is -0.424 e. The Hall–Kier alpha value is -0.860. The number of esters is 1. The number of carbonyl (C=O) groups is 1. The third-order valence-corrected chi connectivity index (χ3v) is 4.51. The van der Waals surface area contributed by atoms with Crippen molar-refractivity contribution < 1.29 is 9.53 Å². The Morgan fingerprint density at radius 1 is 1.09 bits per heavy atom. The molecule has 0 amide bonds. The van der Waals surface area contributed by atoms with Gasteiger partial charge in [0, 0.05) is 6.42 Å². The monoisotopic (exact) mass is 429 g/mol. The summed E-state index contributed by atoms with van der Waals surface area (Å²) in [7, 11) is 0. The predicted molar refractivity (Wildman–Crippen MR) is 94.8 cm³/mol. The van der Waals surface area contributed by atoms with Gasteiger partial charge in [0.2, 0.25) is 0 Å². The summed E-state index contributed by atoms with van der Waals surface area (Å²) in [6.07, 6.45) is 8.60. The fraction of sp³-hybridized carbons (Fsp3) is 0.529. The summed E-state index contributed by atoms with van der Waals surface area (Å²) in [5.74, 6) is 0.201. The molecule has 1 aromatic carbocycles. The van der Waals surface area contributed by atoms with E-state index >= 15 is 0 Å². The van der Waals surface area contributed by atoms with E-state index in [0.717, 1.165) is 12.8 Å². The molecule has 0 heterocycles. The van der Waals surface area contributed by atoms with Gasteiger partial charge in [0.05, 0.1) is 20.6 Å². The van der Waals surface area contributed by atoms with Crippen molar-refractivity contribution in [1.82, 2.24) is 0 Å². The van der Waals surface area contributed by atoms with Crippen molar-refractivity contribution >= 4 is 37.8 Å². The molecule has 0 atom stereocenters. The molecular formula is C17H21Br2NO2. The maximum Gasteiger partial charge on any atom is 0.311 e. The van der Waals surface area contributed by atoms with Crippen LogP contribution in [0.2, 0.25) is 0 Å². The van der Waals surface area contributed by atoms with Crippen LogP contribution in [0.3, 0.4) is 0 Å². The summed E-state index contributed by atoms with van der Waals surface area (Å²) in [4.78, 5) is 11.9. The molecule has 120 valence electrons. The normalized spacial score (nSPS) is 10.3. The number of benzene rings is 1. The minimum atomic E-state index is -0.236. The van der Waals surface area contributed by atoms with E-state index < -0.39 is 0 Å². The molecule has 1 aromatic rings. The molecule has 0 fully saturated rings. The lowest BCUT2D eigenvalue weighted by atomic mass is 10.1. The number of rotatable bonds is 9. The Labute approximate surface area is 149 Å². The minimum absolute atomic E-state index is 0.236. The van der Waals surface area contributed by atoms with Crippen LogP contribution in [0.25, 0.3) is 0 Å². The third-order valence-electron chi connectivity index (χ3n) is 3.33. The highest BCUT2D eigenvalue weighted by atomic mass is 79.9. The van der Waals surface area contributed by atoms with Gasteiger partial charge in [-0.3, -0.25) is 4.79 Å². The van der Waals surface area contributed by atoms with Gasteiger partial charge >= 0.3 is 5.97 Å². The maximum atomic E-state index is 11.9. The van der Waals surface area contributed by atoms with Crippen molar-refractivity contribution in [3.8, 4) is 11.8 Å². The zero-order valence-corrected chi connectivity index (χ0v) is 16.0. The van der Waals surface area contributed by atoms with Gasteiger partial charge in [0.25, 0.3) is 0 Å². The highest BCUT2D eigenvalue weighted by Crippen LogP contribution is 2.35. The van der Waals surface area contributed by atoms with Crippen LogP contribution in [-0.2, 0) is 4.79 Å². The second-order valence-corrected chi connectivity index (χ2v) is 6.93. The zero-order valence-electron chi connectivity index (χ0n) is 12.8. The van der Waals surface area contributed by atoms with Crippen LogP contribution in [0.4, 0.5) is 0 Å². The van der Waals surface area contributed by atoms with Crippen molar-refractivity contribution in [3.05, 3.63) is 26.6 Å². The number of carbonyl (C=O) groups excluding carboxylic acids is 1. The first kappa shape index (κ1) is 19.2. The van der Waals surface area contributed by atoms with E-state index in [2.05, 4.69) is 44.9 Å². The van der Waals surface area contributed by atoms with Gasteiger partial charge in [-0.1, -0.05) is 45.4 Å². The molecule has 0 N–H and O–H groups in total. The number of ether oxygens (including phenoxy) is 1. The highest BCUT2D eigenvalue weighted by Gasteiger charge is 2.13. The van der Waals surface area contributed by atoms with E-state index in [1.807, 2.05) is 0 Å². The topological polar surface area (TPSA) is 50.1 Å². The number of unbranched alkanes of at least 4 members (excludes halogenated alkanes) is 6. The van der Waals surface area contributed by atoms with Gasteiger partial charge in [-0.25, -0.2) is 0 Å². The summed E-state index contributed by atoms with van der Waals surface area (Å²) >= 11 is 6.65. The van der Waals surface area contributed by atoms with Gasteiger partial charge in [-0.15, -0.1) is 0 Å². The average molecular weight is 431 g/mol. The van der Waals surface area contributed by atoms with Crippen LogP contribution in [0, 0.1) is 11.3 Å². The smallest absolute Gasteiger partial charge is 0.311 e. The van der Waals surface area contributed by atoms with E-state index in [0.29, 0.717) is 26.7 Å². The Morgan fingerprint density at radius 2 is 1.64 bits per heavy atom. The third kappa shape index (κ3) is 6.93. The average Bonchev–Trinajstić information content (AvgIpc) is 2.49. The van der Waals surface area contributed by atoms with Crippen LogP contribution in [0.1, 0.15) is 63.9 Å². The zero-order chi connectivity index (χ0) is 16.4. The maximum absolute atomic E-state index is 11.9. The summed E-state index contributed by atoms with van der Waals surface area (Å²) in [6, 6.07) is 5.33. The molecule has 0 saturated carbocycles. The molecule has 1 rings (SSSR count). The largest absolute Gasteiger partial charge is 0.424 e. The van der Waals surface area contributed by atoms with Gasteiger partial charge < -0.3 is 4.74 Å². The molecule has 0 radical (unpaired) electrons. The number of halogens is 2. The fourth-order valence-electron chi connectivity index (χ4n) is 2.11. The summed E-state index contributed by atoms with van der Waals surface area (Å²) in [6.45, 7) is 2.20. The number of hydrogen-bond acceptors (Lipinski definition) is 3. The number of nitrogens with zero attached hydrogens (tertiary/aromatic N) is 1. The lowest BCUT2D eigenvalue weighted by Gasteiger charge is -2.09. The Kier molecular flexibility index (Phi) is 9.42. The number of hydrogen-bond donors (Lipinski definition) is 0. The van der Waals surface area contributed by atoms with E-state index in [4.69, 9.17) is 10.00 Å². The molecule has 22 heavy (non-hydrogen) atoms. The summed E-state index contributed by atoms with van der Waals surface area (Å²) < 4.78 is 6.58. The number of nitriles is 1. The van der Waals surface area contributed by atoms with Crippen molar-refractivity contribution in [2.45, 2.75) is 58.3 Å². The van der Waals surface area contributed by atoms with Crippen molar-refractivity contribution in [2.75, 3.05) is 0 Å². The molecule has 0 aliphatic carbocycles. The van der Waals surface area contributed by atoms with Crippen LogP contribution >= 0.6 is 31.9 Å². The first-order valence-electron chi connectivity index (χ1n) is 7.68. The van der Waals surface area contributed by atoms with Gasteiger partial charge in [-0.2, -0.15) is 5.26 Å². The van der Waals surface area contributed by atoms with Crippen molar-refractivity contribution in [3.63, 3.8) is 0 Å². The second kappa shape index (κ2) is 10.8. The molecule has 0 saturated heterocycles. The molecular weight excluding hydrogens is 410 g/mol. The van der Waals surface area contributed by atoms with E-state index in [1.54, 1.807) is 12.1 Å². The van der Waals surface area contributed by atoms with E-state index in [9.17, 15) is 4.79 Å². The first-order valence-corrected chi connectivity index (χ1v) is 9.27. The van der Waals surface area contributed by atoms with Crippen molar-refractivity contribution in [2.24, 2.45) is 0 Å². The highest BCUT2D eigenvalue weighted by molar-refractivity contribution is 9.11. The molecule has 0 aliphatic heterocycles. The lowest BCUT2D eigenvalue weighted by molar-refractivity contribution is -0.134. The first-order chi connectivity index (χ1) is 10.6. The lowest BCUT2D eigenvalue weighted by Crippen LogP contribution is -2.08. The van der Waals surface area contributed by atoms with Crippen LogP contribution in [0.15, 0.2) is 21.1 Å². The molecule has 3 nitrogen and oxygen atoms in total. The van der Waals surface area contributed by atoms with Crippen molar-refractivity contribution in [1.29, 1.82) is 5.26 Å². The molecule has 0 aromatic heterocycles. The van der Waals surface area contributed by atoms with Gasteiger partial charge in [-0.05, 0) is 50.4 Å². The Morgan fingerprint density at radius 3 is 2.18 bits per heavy atom. The fourth-order valence-corrected chi connectivity index (χ4v) is 3.46. The SMILES string of the molecule is CCCCCCCCCC(=O)Oc1c(Br)cc(C#N)cc1Br. The van der Waals surface area contributed by atoms with Crippen LogP contribution in [-0.4, -0.2) is 5.97 Å². The second-order valence-electron chi connectivity index (χ2n) is 5.23. The van der Waals surface area contributed by atoms with Gasteiger partial charge in [0.1, 0.15) is 0 Å². The standard InChI is InChI=1S/C17H21Br2NO2/c1-2-3-4-5-6-7-8-9-16(21)22-17-14(18)10-13(12-20)11-15(17)19/h10-11H,2-9H2,1H3. The molecule has 0 unspecified atom stereocenters. The predicted octanol–water partition coefficient (Wildman–Crippen LogP) is 6.13. The summed E-state index contributed by atoms with van der Waals surface area (Å²) in [5.41, 5.74) is 0.505. The summed E-state index contributed by atoms with van der Waals surface area (Å²) in [5, 5.41) is 8.88. The Balaban J connectivity index is 2.35. The van der Waals surface area contributed by atoms with Gasteiger partial charge in [0.15, 0.2) is 5.75 Å². The Bertz CT molecular complexity index is 515. The quantitative estimate of drug-likeness (QED) is 0.269. The molecule has 0 aliphatic rings.